The predicted octanol–water partition coefficient (Wildman–Crippen LogP) is 12.0. The molecule has 0 radical (unpaired) electrons. The van der Waals surface area contributed by atoms with Crippen LogP contribution in [0, 0.1) is 57.7 Å². The number of carboxylic acid groups (broad SMARTS) is 1. The van der Waals surface area contributed by atoms with E-state index >= 15 is 0 Å². The molecule has 5 rings (SSSR count). The average molecular weight is 1320 g/mol. The van der Waals surface area contributed by atoms with Gasteiger partial charge >= 0.3 is 5.97 Å². The van der Waals surface area contributed by atoms with Crippen LogP contribution in [-0.4, -0.2) is 103 Å². The molecule has 0 saturated heterocycles. The molecule has 0 unspecified atom stereocenters. The summed E-state index contributed by atoms with van der Waals surface area (Å²) in [6.07, 6.45) is 19.8. The Morgan fingerprint density at radius 2 is 0.705 bits per heavy atom. The molecule has 20 nitrogen and oxygen atoms in total. The number of hydrogen-bond acceptors (Lipinski definition) is 13. The normalized spacial score (nSPS) is 10.9. The van der Waals surface area contributed by atoms with Crippen molar-refractivity contribution in [2.75, 3.05) is 26.2 Å². The molecular formula is C75H121N11O9. The molecular weight excluding hydrogens is 1200 g/mol. The molecule has 20 heteroatoms. The summed E-state index contributed by atoms with van der Waals surface area (Å²) in [5.74, 6) is 2.29. The van der Waals surface area contributed by atoms with E-state index in [9.17, 15) is 33.6 Å². The van der Waals surface area contributed by atoms with Crippen LogP contribution in [0.5, 0.6) is 0 Å². The van der Waals surface area contributed by atoms with Crippen LogP contribution in [0.2, 0.25) is 0 Å². The molecule has 0 fully saturated rings. The number of nitrogens with one attached hydrogen (secondary N) is 6. The summed E-state index contributed by atoms with van der Waals surface area (Å²) < 4.78 is 0. The number of aliphatic carboxylic acids is 1. The molecule has 8 N–H and O–H groups in total. The van der Waals surface area contributed by atoms with Gasteiger partial charge in [0.15, 0.2) is 0 Å². The van der Waals surface area contributed by atoms with E-state index in [0.29, 0.717) is 100 Å². The molecule has 95 heavy (non-hydrogen) atoms. The highest BCUT2D eigenvalue weighted by molar-refractivity contribution is 5.82. The van der Waals surface area contributed by atoms with E-state index in [0.717, 1.165) is 40.8 Å². The molecule has 0 aliphatic heterocycles. The van der Waals surface area contributed by atoms with E-state index in [4.69, 9.17) is 10.2 Å². The minimum absolute atomic E-state index is 0.0176. The van der Waals surface area contributed by atoms with Gasteiger partial charge < -0.3 is 42.1 Å². The van der Waals surface area contributed by atoms with Crippen molar-refractivity contribution in [3.63, 3.8) is 0 Å². The van der Waals surface area contributed by atoms with Crippen LogP contribution in [0.1, 0.15) is 192 Å². The fraction of sp³-hybridized carbons (Fsp3) is 0.573. The maximum absolute atomic E-state index is 12.0. The van der Waals surface area contributed by atoms with E-state index in [1.54, 1.807) is 57.2 Å². The number of amides is 6. The molecule has 0 bridgehead atoms. The van der Waals surface area contributed by atoms with E-state index < -0.39 is 11.4 Å². The summed E-state index contributed by atoms with van der Waals surface area (Å²) >= 11 is 0. The van der Waals surface area contributed by atoms with Crippen molar-refractivity contribution in [2.24, 2.45) is 57.7 Å². The van der Waals surface area contributed by atoms with Gasteiger partial charge in [-0.25, -0.2) is 0 Å². The number of aliphatic hydroxyl groups is 1. The third kappa shape index (κ3) is 45.9. The lowest BCUT2D eigenvalue weighted by Crippen LogP contribution is -2.41. The quantitative estimate of drug-likeness (QED) is 0.0231. The van der Waals surface area contributed by atoms with Crippen molar-refractivity contribution in [3.05, 3.63) is 150 Å². The lowest BCUT2D eigenvalue weighted by molar-refractivity contribution is -0.149. The van der Waals surface area contributed by atoms with Gasteiger partial charge in [-0.1, -0.05) is 155 Å². The van der Waals surface area contributed by atoms with Gasteiger partial charge in [0, 0.05) is 125 Å². The van der Waals surface area contributed by atoms with Crippen molar-refractivity contribution in [1.82, 2.24) is 56.8 Å². The molecule has 0 saturated carbocycles. The predicted molar refractivity (Wildman–Crippen MR) is 382 cm³/mol. The first-order valence-electron chi connectivity index (χ1n) is 33.4. The van der Waals surface area contributed by atoms with Crippen molar-refractivity contribution in [3.8, 4) is 0 Å². The number of carboxylic acids is 1. The fourth-order valence-corrected chi connectivity index (χ4v) is 7.03. The number of carbonyl (C=O) groups excluding carboxylic acids is 6. The number of nitrogens with zero attached hydrogens (tertiary/aromatic N) is 5. The minimum Gasteiger partial charge on any atom is -0.481 e. The largest absolute Gasteiger partial charge is 0.481 e. The second-order valence-electron chi connectivity index (χ2n) is 27.5. The Morgan fingerprint density at radius 3 is 1.01 bits per heavy atom. The summed E-state index contributed by atoms with van der Waals surface area (Å²) in [7, 11) is 0. The average Bonchev–Trinajstić information content (AvgIpc) is 0.963. The van der Waals surface area contributed by atoms with Crippen LogP contribution in [-0.2, 0) is 66.0 Å². The molecule has 5 heterocycles. The smallest absolute Gasteiger partial charge is 0.309 e. The van der Waals surface area contributed by atoms with Crippen molar-refractivity contribution in [1.29, 1.82) is 0 Å². The zero-order chi connectivity index (χ0) is 72.6. The maximum Gasteiger partial charge on any atom is 0.309 e. The van der Waals surface area contributed by atoms with Crippen LogP contribution in [0.25, 0.3) is 0 Å². The van der Waals surface area contributed by atoms with E-state index in [1.165, 1.54) is 0 Å². The summed E-state index contributed by atoms with van der Waals surface area (Å²) in [6, 6.07) is 21.2. The molecule has 0 aromatic carbocycles. The van der Waals surface area contributed by atoms with Crippen LogP contribution >= 0.6 is 0 Å². The van der Waals surface area contributed by atoms with Crippen LogP contribution in [0.4, 0.5) is 0 Å². The van der Waals surface area contributed by atoms with E-state index in [2.05, 4.69) is 84.5 Å². The Labute approximate surface area is 570 Å². The Bertz CT molecular complexity index is 2780. The Kier molecular flexibility index (Phi) is 47.3. The molecule has 6 amide bonds. The molecule has 0 aliphatic carbocycles. The monoisotopic (exact) mass is 1320 g/mol. The summed E-state index contributed by atoms with van der Waals surface area (Å²) in [5, 5.41) is 34.0. The first-order valence-corrected chi connectivity index (χ1v) is 33.4. The summed E-state index contributed by atoms with van der Waals surface area (Å²) in [4.78, 5) is 99.2. The fourth-order valence-electron chi connectivity index (χ4n) is 7.03. The summed E-state index contributed by atoms with van der Waals surface area (Å²) in [6.45, 7) is 43.0. The SMILES string of the molecule is CC(C)C(C)(C)C(=O)NCCc1cccnc1.CC(C)C(C)(C)C(=O)NCc1cccnc1.CC(C)C(C)(C)C(=O)O.CC(C)CC(=O)NCCO.CC(C)CC(=O)NCCc1cccnc1.CC(C)CC(=O)NCc1ccccn1.CC(C)CC(=O)NCc1cccnc1. The van der Waals surface area contributed by atoms with E-state index in [-0.39, 0.29) is 58.8 Å². The van der Waals surface area contributed by atoms with E-state index in [1.807, 2.05) is 176 Å². The first kappa shape index (κ1) is 89.1. The Balaban J connectivity index is 0. The Hall–Kier alpha value is -8.00. The number of aliphatic hydroxyl groups excluding tert-OH is 1. The lowest BCUT2D eigenvalue weighted by Gasteiger charge is -2.27. The molecule has 530 valence electrons. The van der Waals surface area contributed by atoms with Gasteiger partial charge in [-0.15, -0.1) is 0 Å². The summed E-state index contributed by atoms with van der Waals surface area (Å²) in [5.41, 5.74) is 4.03. The van der Waals surface area contributed by atoms with Crippen molar-refractivity contribution in [2.45, 2.75) is 197 Å². The standard InChI is InChI=1S/C14H22N2O.C13H20N2O.C12H18N2O.2C11H16N2O.C7H15NO2.C7H14O2/c1-11(2)14(3,4)13(17)16-9-7-12-6-5-8-15-10-12;1-10(2)13(3,4)12(16)15-9-11-6-5-7-14-8-11;1-10(2)8-12(15)14-7-5-11-4-3-6-13-9-11;1-9(2)6-11(14)13-8-10-4-3-5-12-7-10;1-9(2)7-11(14)13-8-10-5-3-4-6-12-10;1-6(2)5-7(10)8-3-4-9;1-5(2)7(3,4)6(8)9/h5-6,8,10-11H,7,9H2,1-4H3,(H,16,17);5-8,10H,9H2,1-4H3,(H,15,16);3-4,6,9-10H,5,7-8H2,1-2H3,(H,14,15);3-5,7,9H,6,8H2,1-2H3,(H,13,14);3-6,9H,7-8H2,1-2H3,(H,13,14);6,9H,3-5H2,1-2H3,(H,8,10);5H,1-4H3,(H,8,9). The third-order valence-corrected chi connectivity index (χ3v) is 15.3. The molecule has 0 aliphatic rings. The topological polar surface area (TPSA) is 297 Å². The number of carbonyl (C=O) groups is 7. The van der Waals surface area contributed by atoms with Crippen LogP contribution in [0.15, 0.2) is 123 Å². The number of rotatable bonds is 28. The molecule has 5 aromatic heterocycles. The van der Waals surface area contributed by atoms with Crippen molar-refractivity contribution < 1.29 is 43.8 Å². The highest BCUT2D eigenvalue weighted by Crippen LogP contribution is 2.27. The first-order chi connectivity index (χ1) is 44.5. The maximum atomic E-state index is 12.0. The highest BCUT2D eigenvalue weighted by atomic mass is 16.4. The minimum atomic E-state index is -0.725. The third-order valence-electron chi connectivity index (χ3n) is 15.3. The zero-order valence-electron chi connectivity index (χ0n) is 61.3. The zero-order valence-corrected chi connectivity index (χ0v) is 61.3. The number of aromatic nitrogens is 5. The van der Waals surface area contributed by atoms with Gasteiger partial charge in [-0.3, -0.25) is 58.5 Å². The molecule has 0 atom stereocenters. The second-order valence-corrected chi connectivity index (χ2v) is 27.5. The van der Waals surface area contributed by atoms with Crippen LogP contribution in [0.3, 0.4) is 0 Å². The Morgan fingerprint density at radius 1 is 0.379 bits per heavy atom. The van der Waals surface area contributed by atoms with Gasteiger partial charge in [0.2, 0.25) is 35.4 Å². The number of pyridine rings is 5. The van der Waals surface area contributed by atoms with Crippen molar-refractivity contribution >= 4 is 41.4 Å². The van der Waals surface area contributed by atoms with Gasteiger partial charge in [0.25, 0.3) is 0 Å². The van der Waals surface area contributed by atoms with Gasteiger partial charge in [0.1, 0.15) is 0 Å². The van der Waals surface area contributed by atoms with Gasteiger partial charge in [0.05, 0.1) is 24.3 Å². The molecule has 0 spiro atoms. The lowest BCUT2D eigenvalue weighted by atomic mass is 9.80. The van der Waals surface area contributed by atoms with Crippen LogP contribution < -0.4 is 31.9 Å². The second kappa shape index (κ2) is 50.4. The highest BCUT2D eigenvalue weighted by Gasteiger charge is 2.32. The molecule has 5 aromatic rings. The van der Waals surface area contributed by atoms with Gasteiger partial charge in [-0.05, 0) is 127 Å². The number of hydrogen-bond donors (Lipinski definition) is 8. The van der Waals surface area contributed by atoms with Gasteiger partial charge in [-0.2, -0.15) is 0 Å².